The monoisotopic (exact) mass is 219 g/mol. The normalized spacial score (nSPS) is 10.1. The van der Waals surface area contributed by atoms with Crippen molar-refractivity contribution in [3.63, 3.8) is 0 Å². The van der Waals surface area contributed by atoms with Crippen LogP contribution in [0.5, 0.6) is 0 Å². The molecular weight excluding hydrogens is 210 g/mol. The van der Waals surface area contributed by atoms with E-state index in [1.807, 2.05) is 11.4 Å². The smallest absolute Gasteiger partial charge is 0.203 e. The van der Waals surface area contributed by atoms with Crippen LogP contribution in [0, 0.1) is 11.3 Å². The van der Waals surface area contributed by atoms with Gasteiger partial charge in [-0.15, -0.1) is 11.3 Å². The third kappa shape index (κ3) is 2.65. The van der Waals surface area contributed by atoms with Gasteiger partial charge < -0.3 is 9.73 Å². The van der Waals surface area contributed by atoms with Crippen LogP contribution in [0.1, 0.15) is 16.5 Å². The van der Waals surface area contributed by atoms with Gasteiger partial charge in [-0.3, -0.25) is 0 Å². The summed E-state index contributed by atoms with van der Waals surface area (Å²) in [5.41, 5.74) is 0. The molecule has 2 heterocycles. The highest BCUT2D eigenvalue weighted by Gasteiger charge is 2.00. The Hall–Kier alpha value is -1.64. The molecule has 2 aromatic rings. The first-order chi connectivity index (χ1) is 7.38. The fourth-order valence-electron chi connectivity index (χ4n) is 1.17. The molecular formula is C10H9N3OS. The highest BCUT2D eigenvalue weighted by Crippen LogP contribution is 2.07. The van der Waals surface area contributed by atoms with Crippen LogP contribution in [0.4, 0.5) is 0 Å². The Kier molecular flexibility index (Phi) is 3.12. The molecule has 0 saturated heterocycles. The Morgan fingerprint density at radius 2 is 2.40 bits per heavy atom. The number of nitriles is 1. The van der Waals surface area contributed by atoms with E-state index in [2.05, 4.69) is 10.3 Å². The van der Waals surface area contributed by atoms with Gasteiger partial charge in [0.05, 0.1) is 6.54 Å². The largest absolute Gasteiger partial charge is 0.449 e. The summed E-state index contributed by atoms with van der Waals surface area (Å²) in [6.45, 7) is 1.33. The van der Waals surface area contributed by atoms with Crippen molar-refractivity contribution in [3.05, 3.63) is 40.2 Å². The number of furan rings is 1. The van der Waals surface area contributed by atoms with Crippen molar-refractivity contribution in [2.45, 2.75) is 13.1 Å². The zero-order chi connectivity index (χ0) is 10.5. The van der Waals surface area contributed by atoms with Crippen molar-refractivity contribution in [2.75, 3.05) is 0 Å². The summed E-state index contributed by atoms with van der Waals surface area (Å²) in [7, 11) is 0. The third-order valence-corrected chi connectivity index (χ3v) is 2.61. The van der Waals surface area contributed by atoms with Crippen molar-refractivity contribution in [1.29, 1.82) is 5.26 Å². The Bertz CT molecular complexity index is 455. The lowest BCUT2D eigenvalue weighted by Crippen LogP contribution is -2.11. The highest BCUT2D eigenvalue weighted by molar-refractivity contribution is 7.09. The molecule has 0 saturated carbocycles. The average molecular weight is 219 g/mol. The molecule has 0 amide bonds. The van der Waals surface area contributed by atoms with Gasteiger partial charge in [0.2, 0.25) is 5.76 Å². The molecule has 0 fully saturated rings. The summed E-state index contributed by atoms with van der Waals surface area (Å²) in [5, 5.41) is 14.7. The van der Waals surface area contributed by atoms with Gasteiger partial charge in [-0.1, -0.05) is 0 Å². The Morgan fingerprint density at radius 3 is 3.07 bits per heavy atom. The van der Waals surface area contributed by atoms with E-state index in [-0.39, 0.29) is 0 Å². The number of nitrogens with one attached hydrogen (secondary N) is 1. The first-order valence-electron chi connectivity index (χ1n) is 4.46. The summed E-state index contributed by atoms with van der Waals surface area (Å²) in [6, 6.07) is 5.41. The molecule has 4 nitrogen and oxygen atoms in total. The zero-order valence-corrected chi connectivity index (χ0v) is 8.75. The molecule has 15 heavy (non-hydrogen) atoms. The molecule has 0 radical (unpaired) electrons. The number of nitrogens with zero attached hydrogens (tertiary/aromatic N) is 2. The van der Waals surface area contributed by atoms with E-state index in [1.165, 1.54) is 0 Å². The molecule has 0 bridgehead atoms. The summed E-state index contributed by atoms with van der Waals surface area (Å²) < 4.78 is 5.21. The van der Waals surface area contributed by atoms with Gasteiger partial charge in [0.15, 0.2) is 0 Å². The van der Waals surface area contributed by atoms with Gasteiger partial charge in [0.1, 0.15) is 16.8 Å². The summed E-state index contributed by atoms with van der Waals surface area (Å²) in [6.07, 6.45) is 1.78. The van der Waals surface area contributed by atoms with Crippen molar-refractivity contribution < 1.29 is 4.42 Å². The molecule has 0 aromatic carbocycles. The van der Waals surface area contributed by atoms with Crippen LogP contribution in [0.25, 0.3) is 0 Å². The minimum absolute atomic E-state index is 0.348. The minimum atomic E-state index is 0.348. The molecule has 76 valence electrons. The van der Waals surface area contributed by atoms with E-state index in [0.29, 0.717) is 12.3 Å². The fraction of sp³-hybridized carbons (Fsp3) is 0.200. The maximum absolute atomic E-state index is 8.55. The van der Waals surface area contributed by atoms with E-state index in [0.717, 1.165) is 17.3 Å². The molecule has 2 rings (SSSR count). The van der Waals surface area contributed by atoms with Crippen LogP contribution in [-0.2, 0) is 13.1 Å². The van der Waals surface area contributed by atoms with E-state index in [9.17, 15) is 0 Å². The number of rotatable bonds is 4. The van der Waals surface area contributed by atoms with Crippen LogP contribution in [0.3, 0.4) is 0 Å². The molecule has 1 N–H and O–H groups in total. The molecule has 0 atom stereocenters. The Labute approximate surface area is 91.2 Å². The van der Waals surface area contributed by atoms with Gasteiger partial charge in [0, 0.05) is 18.1 Å². The minimum Gasteiger partial charge on any atom is -0.449 e. The summed E-state index contributed by atoms with van der Waals surface area (Å²) in [5.74, 6) is 1.11. The molecule has 0 unspecified atom stereocenters. The maximum atomic E-state index is 8.55. The lowest BCUT2D eigenvalue weighted by atomic mass is 10.4. The third-order valence-electron chi connectivity index (χ3n) is 1.83. The number of aromatic nitrogens is 1. The van der Waals surface area contributed by atoms with Crippen molar-refractivity contribution in [1.82, 2.24) is 10.3 Å². The van der Waals surface area contributed by atoms with E-state index in [1.54, 1.807) is 29.7 Å². The van der Waals surface area contributed by atoms with E-state index in [4.69, 9.17) is 9.68 Å². The fourth-order valence-corrected chi connectivity index (χ4v) is 1.75. The molecule has 2 aromatic heterocycles. The zero-order valence-electron chi connectivity index (χ0n) is 7.93. The molecule has 0 aliphatic rings. The second-order valence-electron chi connectivity index (χ2n) is 2.91. The Balaban J connectivity index is 1.81. The van der Waals surface area contributed by atoms with Gasteiger partial charge in [-0.25, -0.2) is 4.98 Å². The van der Waals surface area contributed by atoms with Crippen LogP contribution in [0.15, 0.2) is 28.1 Å². The maximum Gasteiger partial charge on any atom is 0.203 e. The van der Waals surface area contributed by atoms with Crippen molar-refractivity contribution in [2.24, 2.45) is 0 Å². The molecule has 0 spiro atoms. The van der Waals surface area contributed by atoms with Gasteiger partial charge in [0.25, 0.3) is 0 Å². The van der Waals surface area contributed by atoms with E-state index >= 15 is 0 Å². The summed E-state index contributed by atoms with van der Waals surface area (Å²) in [4.78, 5) is 4.14. The number of hydrogen-bond donors (Lipinski definition) is 1. The van der Waals surface area contributed by atoms with Gasteiger partial charge in [-0.05, 0) is 12.1 Å². The Morgan fingerprint density at radius 1 is 1.47 bits per heavy atom. The predicted molar refractivity (Wildman–Crippen MR) is 56.1 cm³/mol. The van der Waals surface area contributed by atoms with Gasteiger partial charge in [-0.2, -0.15) is 5.26 Å². The first kappa shape index (κ1) is 9.90. The molecule has 0 aliphatic carbocycles. The first-order valence-corrected chi connectivity index (χ1v) is 5.34. The number of thiazole rings is 1. The summed E-state index contributed by atoms with van der Waals surface area (Å²) >= 11 is 1.61. The van der Waals surface area contributed by atoms with Crippen LogP contribution >= 0.6 is 11.3 Å². The SMILES string of the molecule is N#Cc1ccc(CNCc2nccs2)o1. The van der Waals surface area contributed by atoms with Crippen LogP contribution in [0.2, 0.25) is 0 Å². The second kappa shape index (κ2) is 4.73. The van der Waals surface area contributed by atoms with Crippen molar-refractivity contribution >= 4 is 11.3 Å². The lowest BCUT2D eigenvalue weighted by Gasteiger charge is -1.98. The average Bonchev–Trinajstić information content (AvgIpc) is 2.88. The lowest BCUT2D eigenvalue weighted by molar-refractivity contribution is 0.473. The molecule has 5 heteroatoms. The van der Waals surface area contributed by atoms with Crippen LogP contribution < -0.4 is 5.32 Å². The quantitative estimate of drug-likeness (QED) is 0.853. The molecule has 0 aliphatic heterocycles. The second-order valence-corrected chi connectivity index (χ2v) is 3.89. The number of hydrogen-bond acceptors (Lipinski definition) is 5. The van der Waals surface area contributed by atoms with Crippen molar-refractivity contribution in [3.8, 4) is 6.07 Å². The predicted octanol–water partition coefficient (Wildman–Crippen LogP) is 1.90. The van der Waals surface area contributed by atoms with Gasteiger partial charge >= 0.3 is 0 Å². The highest BCUT2D eigenvalue weighted by atomic mass is 32.1. The topological polar surface area (TPSA) is 61.9 Å². The van der Waals surface area contributed by atoms with Crippen LogP contribution in [-0.4, -0.2) is 4.98 Å². The standard InChI is InChI=1S/C10H9N3OS/c11-5-8-1-2-9(14-8)6-12-7-10-13-3-4-15-10/h1-4,12H,6-7H2. The van der Waals surface area contributed by atoms with E-state index < -0.39 is 0 Å².